The third kappa shape index (κ3) is 3.91. The second kappa shape index (κ2) is 7.01. The molecule has 1 fully saturated rings. The summed E-state index contributed by atoms with van der Waals surface area (Å²) in [5, 5.41) is 3.12. The van der Waals surface area contributed by atoms with E-state index in [2.05, 4.69) is 15.0 Å². The molecule has 2 N–H and O–H groups in total. The van der Waals surface area contributed by atoms with Gasteiger partial charge in [0, 0.05) is 31.6 Å². The van der Waals surface area contributed by atoms with Crippen LogP contribution in [0.25, 0.3) is 0 Å². The molecule has 6 nitrogen and oxygen atoms in total. The molecule has 1 aromatic heterocycles. The van der Waals surface area contributed by atoms with E-state index in [-0.39, 0.29) is 10.9 Å². The average molecular weight is 299 g/mol. The van der Waals surface area contributed by atoms with Crippen molar-refractivity contribution in [1.82, 2.24) is 9.71 Å². The third-order valence-electron chi connectivity index (χ3n) is 3.12. The molecule has 1 saturated heterocycles. The molecule has 0 aliphatic carbocycles. The minimum atomic E-state index is -3.58. The molecule has 112 valence electrons. The number of nitrogens with zero attached hydrogens (tertiary/aromatic N) is 1. The highest BCUT2D eigenvalue weighted by Crippen LogP contribution is 2.20. The fraction of sp³-hybridized carbons (Fsp3) is 0.615. The van der Waals surface area contributed by atoms with Crippen LogP contribution in [0.1, 0.15) is 26.2 Å². The summed E-state index contributed by atoms with van der Waals surface area (Å²) >= 11 is 0. The lowest BCUT2D eigenvalue weighted by atomic mass is 10.1. The summed E-state index contributed by atoms with van der Waals surface area (Å²) < 4.78 is 32.9. The van der Waals surface area contributed by atoms with Crippen molar-refractivity contribution in [2.24, 2.45) is 0 Å². The van der Waals surface area contributed by atoms with Gasteiger partial charge in [-0.05, 0) is 25.3 Å². The summed E-state index contributed by atoms with van der Waals surface area (Å²) in [6.45, 7) is 3.88. The Morgan fingerprint density at radius 1 is 1.50 bits per heavy atom. The predicted octanol–water partition coefficient (Wildman–Crippen LogP) is 1.36. The van der Waals surface area contributed by atoms with Gasteiger partial charge in [0.25, 0.3) is 0 Å². The number of nitrogens with one attached hydrogen (secondary N) is 2. The van der Waals surface area contributed by atoms with Gasteiger partial charge >= 0.3 is 0 Å². The van der Waals surface area contributed by atoms with Crippen LogP contribution < -0.4 is 10.0 Å². The van der Waals surface area contributed by atoms with E-state index in [4.69, 9.17) is 4.74 Å². The standard InChI is InChI=1S/C13H21N3O3S/c1-2-6-15-12-5-7-14-9-13(12)20(17,18)16-11-4-3-8-19-10-11/h5,7,9,11,16H,2-4,6,8,10H2,1H3,(H,14,15). The van der Waals surface area contributed by atoms with Crippen molar-refractivity contribution in [3.8, 4) is 0 Å². The van der Waals surface area contributed by atoms with Crippen LogP contribution in [0.4, 0.5) is 5.69 Å². The first-order valence-corrected chi connectivity index (χ1v) is 8.40. The Kier molecular flexibility index (Phi) is 5.33. The summed E-state index contributed by atoms with van der Waals surface area (Å²) in [5.74, 6) is 0. The Hall–Kier alpha value is -1.18. The highest BCUT2D eigenvalue weighted by Gasteiger charge is 2.24. The van der Waals surface area contributed by atoms with Crippen LogP contribution in [0.15, 0.2) is 23.4 Å². The zero-order valence-electron chi connectivity index (χ0n) is 11.6. The number of hydrogen-bond donors (Lipinski definition) is 2. The van der Waals surface area contributed by atoms with Crippen LogP contribution in [0, 0.1) is 0 Å². The molecule has 0 amide bonds. The molecule has 1 atom stereocenters. The molecular weight excluding hydrogens is 278 g/mol. The number of hydrogen-bond acceptors (Lipinski definition) is 5. The maximum Gasteiger partial charge on any atom is 0.244 e. The second-order valence-corrected chi connectivity index (χ2v) is 6.52. The number of anilines is 1. The third-order valence-corrected chi connectivity index (χ3v) is 4.67. The normalized spacial score (nSPS) is 19.8. The van der Waals surface area contributed by atoms with Crippen molar-refractivity contribution in [2.45, 2.75) is 37.1 Å². The van der Waals surface area contributed by atoms with E-state index >= 15 is 0 Å². The van der Waals surface area contributed by atoms with Crippen molar-refractivity contribution >= 4 is 15.7 Å². The molecule has 0 radical (unpaired) electrons. The molecule has 1 aliphatic heterocycles. The smallest absolute Gasteiger partial charge is 0.244 e. The molecular formula is C13H21N3O3S. The summed E-state index contributed by atoms with van der Waals surface area (Å²) in [4.78, 5) is 4.12. The van der Waals surface area contributed by atoms with E-state index in [0.717, 1.165) is 25.8 Å². The monoisotopic (exact) mass is 299 g/mol. The molecule has 1 aromatic rings. The lowest BCUT2D eigenvalue weighted by Crippen LogP contribution is -2.40. The molecule has 0 spiro atoms. The van der Waals surface area contributed by atoms with Crippen molar-refractivity contribution in [1.29, 1.82) is 0 Å². The quantitative estimate of drug-likeness (QED) is 0.829. The zero-order valence-corrected chi connectivity index (χ0v) is 12.4. The lowest BCUT2D eigenvalue weighted by Gasteiger charge is -2.23. The van der Waals surface area contributed by atoms with E-state index < -0.39 is 10.0 Å². The first-order valence-electron chi connectivity index (χ1n) is 6.91. The van der Waals surface area contributed by atoms with Gasteiger partial charge in [-0.25, -0.2) is 13.1 Å². The molecule has 0 aromatic carbocycles. The summed E-state index contributed by atoms with van der Waals surface area (Å²) in [6, 6.07) is 1.52. The molecule has 1 aliphatic rings. The van der Waals surface area contributed by atoms with Gasteiger partial charge in [-0.3, -0.25) is 4.98 Å². The largest absolute Gasteiger partial charge is 0.384 e. The van der Waals surface area contributed by atoms with Gasteiger partial charge < -0.3 is 10.1 Å². The van der Waals surface area contributed by atoms with Gasteiger partial charge in [0.2, 0.25) is 10.0 Å². The Bertz CT molecular complexity index is 527. The highest BCUT2D eigenvalue weighted by atomic mass is 32.2. The SMILES string of the molecule is CCCNc1ccncc1S(=O)(=O)NC1CCCOC1. The van der Waals surface area contributed by atoms with E-state index in [1.165, 1.54) is 6.20 Å². The average Bonchev–Trinajstić information content (AvgIpc) is 2.46. The van der Waals surface area contributed by atoms with Gasteiger partial charge in [0.1, 0.15) is 4.90 Å². The zero-order chi connectivity index (χ0) is 14.4. The van der Waals surface area contributed by atoms with Gasteiger partial charge in [-0.2, -0.15) is 0 Å². The molecule has 2 heterocycles. The van der Waals surface area contributed by atoms with E-state index in [1.807, 2.05) is 6.92 Å². The fourth-order valence-electron chi connectivity index (χ4n) is 2.12. The minimum absolute atomic E-state index is 0.159. The highest BCUT2D eigenvalue weighted by molar-refractivity contribution is 7.89. The molecule has 0 bridgehead atoms. The van der Waals surface area contributed by atoms with Crippen LogP contribution in [-0.4, -0.2) is 39.2 Å². The summed E-state index contributed by atoms with van der Waals surface area (Å²) in [5.41, 5.74) is 0.589. The van der Waals surface area contributed by atoms with Crippen molar-refractivity contribution in [3.05, 3.63) is 18.5 Å². The topological polar surface area (TPSA) is 80.3 Å². The van der Waals surface area contributed by atoms with E-state index in [0.29, 0.717) is 18.9 Å². The number of sulfonamides is 1. The van der Waals surface area contributed by atoms with E-state index in [9.17, 15) is 8.42 Å². The minimum Gasteiger partial charge on any atom is -0.384 e. The first kappa shape index (κ1) is 15.2. The molecule has 0 saturated carbocycles. The van der Waals surface area contributed by atoms with Gasteiger partial charge in [0.15, 0.2) is 0 Å². The van der Waals surface area contributed by atoms with Crippen LogP contribution in [0.5, 0.6) is 0 Å². The Labute approximate surface area is 120 Å². The molecule has 7 heteroatoms. The Balaban J connectivity index is 2.15. The fourth-order valence-corrected chi connectivity index (χ4v) is 3.50. The van der Waals surface area contributed by atoms with Crippen LogP contribution in [0.3, 0.4) is 0 Å². The number of ether oxygens (including phenoxy) is 1. The summed E-state index contributed by atoms with van der Waals surface area (Å²) in [6.07, 6.45) is 5.56. The number of pyridine rings is 1. The van der Waals surface area contributed by atoms with Crippen LogP contribution in [-0.2, 0) is 14.8 Å². The first-order chi connectivity index (χ1) is 9.63. The second-order valence-electron chi connectivity index (χ2n) is 4.83. The summed E-state index contributed by atoms with van der Waals surface area (Å²) in [7, 11) is -3.58. The van der Waals surface area contributed by atoms with Gasteiger partial charge in [-0.1, -0.05) is 6.92 Å². The molecule has 20 heavy (non-hydrogen) atoms. The Morgan fingerprint density at radius 3 is 3.05 bits per heavy atom. The molecule has 1 unspecified atom stereocenters. The van der Waals surface area contributed by atoms with Crippen LogP contribution >= 0.6 is 0 Å². The lowest BCUT2D eigenvalue weighted by molar-refractivity contribution is 0.0774. The van der Waals surface area contributed by atoms with Gasteiger partial charge in [0.05, 0.1) is 12.3 Å². The maximum absolute atomic E-state index is 12.4. The number of rotatable bonds is 6. The predicted molar refractivity (Wildman–Crippen MR) is 77.2 cm³/mol. The van der Waals surface area contributed by atoms with Crippen molar-refractivity contribution in [2.75, 3.05) is 25.1 Å². The number of aromatic nitrogens is 1. The van der Waals surface area contributed by atoms with Crippen molar-refractivity contribution in [3.63, 3.8) is 0 Å². The maximum atomic E-state index is 12.4. The Morgan fingerprint density at radius 2 is 2.35 bits per heavy atom. The molecule has 2 rings (SSSR count). The van der Waals surface area contributed by atoms with E-state index in [1.54, 1.807) is 12.3 Å². The van der Waals surface area contributed by atoms with Crippen LogP contribution in [0.2, 0.25) is 0 Å². The van der Waals surface area contributed by atoms with Crippen molar-refractivity contribution < 1.29 is 13.2 Å². The van der Waals surface area contributed by atoms with Gasteiger partial charge in [-0.15, -0.1) is 0 Å².